The van der Waals surface area contributed by atoms with Gasteiger partial charge in [0.2, 0.25) is 0 Å². The lowest BCUT2D eigenvalue weighted by Gasteiger charge is -2.40. The predicted molar refractivity (Wildman–Crippen MR) is 119 cm³/mol. The van der Waals surface area contributed by atoms with E-state index in [9.17, 15) is 9.59 Å². The summed E-state index contributed by atoms with van der Waals surface area (Å²) >= 11 is 0. The van der Waals surface area contributed by atoms with Crippen LogP contribution in [0.15, 0.2) is 48.7 Å². The van der Waals surface area contributed by atoms with Crippen LogP contribution in [0.4, 0.5) is 5.69 Å². The van der Waals surface area contributed by atoms with Crippen LogP contribution >= 0.6 is 0 Å². The molecule has 6 rings (SSSR count). The number of carbonyl (C=O) groups is 2. The lowest BCUT2D eigenvalue weighted by atomic mass is 9.87. The molecule has 1 atom stereocenters. The summed E-state index contributed by atoms with van der Waals surface area (Å²) in [7, 11) is 0. The minimum atomic E-state index is -0.269. The van der Waals surface area contributed by atoms with Crippen LogP contribution in [0.25, 0.3) is 27.9 Å². The largest absolute Gasteiger partial charge is 0.360 e. The summed E-state index contributed by atoms with van der Waals surface area (Å²) in [5.41, 5.74) is 8.74. The molecule has 5 nitrogen and oxygen atoms in total. The summed E-state index contributed by atoms with van der Waals surface area (Å²) in [5, 5.41) is 5.70. The second-order valence-electron chi connectivity index (χ2n) is 8.00. The molecule has 1 amide bonds. The number of amides is 1. The quantitative estimate of drug-likeness (QED) is 0.431. The van der Waals surface area contributed by atoms with Crippen molar-refractivity contribution in [1.82, 2.24) is 9.88 Å². The Labute approximate surface area is 173 Å². The van der Waals surface area contributed by atoms with Crippen molar-refractivity contribution in [3.8, 4) is 0 Å². The molecule has 0 saturated carbocycles. The molecule has 1 aromatic heterocycles. The highest BCUT2D eigenvalue weighted by molar-refractivity contribution is 6.13. The van der Waals surface area contributed by atoms with Gasteiger partial charge in [0.25, 0.3) is 5.91 Å². The van der Waals surface area contributed by atoms with E-state index in [-0.39, 0.29) is 12.1 Å². The number of carbonyl (C=O) groups excluding carboxylic acids is 2. The topological polar surface area (TPSA) is 65.2 Å². The molecule has 30 heavy (non-hydrogen) atoms. The number of benzene rings is 3. The summed E-state index contributed by atoms with van der Waals surface area (Å²) in [5.74, 6) is -0.00410. The van der Waals surface area contributed by atoms with Crippen LogP contribution in [-0.2, 0) is 0 Å². The Morgan fingerprint density at radius 1 is 1.07 bits per heavy atom. The zero-order valence-corrected chi connectivity index (χ0v) is 16.6. The number of hydrogen-bond donors (Lipinski definition) is 2. The Hall–Kier alpha value is -3.86. The minimum absolute atomic E-state index is 0.00410. The van der Waals surface area contributed by atoms with E-state index < -0.39 is 0 Å². The lowest BCUT2D eigenvalue weighted by molar-refractivity contribution is 0.0769. The maximum Gasteiger partial charge on any atom is 0.261 e. The lowest BCUT2D eigenvalue weighted by Crippen LogP contribution is -2.41. The zero-order valence-electron chi connectivity index (χ0n) is 16.6. The maximum absolute atomic E-state index is 13.2. The van der Waals surface area contributed by atoms with Gasteiger partial charge in [0.05, 0.1) is 11.1 Å². The van der Waals surface area contributed by atoms with Crippen LogP contribution in [0.2, 0.25) is 0 Å². The highest BCUT2D eigenvalue weighted by atomic mass is 16.2. The van der Waals surface area contributed by atoms with Crippen molar-refractivity contribution in [3.05, 3.63) is 82.0 Å². The average molecular weight is 393 g/mol. The fourth-order valence-electron chi connectivity index (χ4n) is 4.98. The van der Waals surface area contributed by atoms with Gasteiger partial charge in [-0.3, -0.25) is 14.5 Å². The smallest absolute Gasteiger partial charge is 0.261 e. The van der Waals surface area contributed by atoms with Crippen LogP contribution in [-0.4, -0.2) is 22.1 Å². The number of aromatic nitrogens is 1. The number of H-pyrrole nitrogens is 1. The molecule has 3 heterocycles. The van der Waals surface area contributed by atoms with Gasteiger partial charge in [-0.05, 0) is 66.9 Å². The molecule has 0 radical (unpaired) electrons. The molecule has 0 saturated heterocycles. The maximum atomic E-state index is 13.2. The molecule has 0 fully saturated rings. The normalized spacial score (nSPS) is 16.9. The van der Waals surface area contributed by atoms with Crippen LogP contribution in [0.5, 0.6) is 0 Å². The SMILES string of the molecule is Cc1c2c(c(C)c3c1[nH]c1ccc(C=O)cc13)C1Nc3ccccc3C(=O)N1C=C2. The van der Waals surface area contributed by atoms with Gasteiger partial charge in [-0.15, -0.1) is 0 Å². The van der Waals surface area contributed by atoms with Crippen molar-refractivity contribution >= 4 is 45.8 Å². The first-order chi connectivity index (χ1) is 14.6. The van der Waals surface area contributed by atoms with E-state index in [1.807, 2.05) is 54.7 Å². The first-order valence-electron chi connectivity index (χ1n) is 9.98. The number of para-hydroxylation sites is 1. The highest BCUT2D eigenvalue weighted by Crippen LogP contribution is 2.44. The molecular weight excluding hydrogens is 374 g/mol. The number of hydrogen-bond acceptors (Lipinski definition) is 3. The van der Waals surface area contributed by atoms with E-state index in [1.54, 1.807) is 4.90 Å². The second-order valence-corrected chi connectivity index (χ2v) is 8.00. The molecule has 0 spiro atoms. The van der Waals surface area contributed by atoms with Crippen molar-refractivity contribution in [2.24, 2.45) is 0 Å². The third-order valence-electron chi connectivity index (χ3n) is 6.44. The summed E-state index contributed by atoms with van der Waals surface area (Å²) in [6.07, 6.45) is 4.52. The number of rotatable bonds is 1. The van der Waals surface area contributed by atoms with Gasteiger partial charge in [-0.1, -0.05) is 12.1 Å². The Balaban J connectivity index is 1.67. The molecule has 4 aromatic rings. The van der Waals surface area contributed by atoms with E-state index in [1.165, 1.54) is 0 Å². The number of aryl methyl sites for hydroxylation is 2. The number of nitrogens with zero attached hydrogens (tertiary/aromatic N) is 1. The van der Waals surface area contributed by atoms with Gasteiger partial charge in [0.15, 0.2) is 0 Å². The van der Waals surface area contributed by atoms with Gasteiger partial charge >= 0.3 is 0 Å². The molecule has 146 valence electrons. The Morgan fingerprint density at radius 3 is 2.73 bits per heavy atom. The van der Waals surface area contributed by atoms with E-state index in [0.717, 1.165) is 56.0 Å². The number of aromatic amines is 1. The predicted octanol–water partition coefficient (Wildman–Crippen LogP) is 5.30. The van der Waals surface area contributed by atoms with Crippen molar-refractivity contribution < 1.29 is 9.59 Å². The fourth-order valence-corrected chi connectivity index (χ4v) is 4.98. The molecule has 3 aromatic carbocycles. The number of fused-ring (bicyclic) bond motifs is 7. The second kappa shape index (κ2) is 5.83. The fraction of sp³-hybridized carbons (Fsp3) is 0.120. The Kier molecular flexibility index (Phi) is 3.31. The molecule has 2 N–H and O–H groups in total. The number of anilines is 1. The summed E-state index contributed by atoms with van der Waals surface area (Å²) in [6.45, 7) is 4.21. The van der Waals surface area contributed by atoms with Gasteiger partial charge in [-0.25, -0.2) is 0 Å². The zero-order chi connectivity index (χ0) is 20.6. The van der Waals surface area contributed by atoms with Crippen LogP contribution in [0.1, 0.15) is 49.1 Å². The monoisotopic (exact) mass is 393 g/mol. The molecule has 5 heteroatoms. The third-order valence-corrected chi connectivity index (χ3v) is 6.44. The molecule has 1 unspecified atom stereocenters. The van der Waals surface area contributed by atoms with Crippen LogP contribution in [0, 0.1) is 13.8 Å². The van der Waals surface area contributed by atoms with Crippen molar-refractivity contribution in [1.29, 1.82) is 0 Å². The number of nitrogens with one attached hydrogen (secondary N) is 2. The molecular formula is C25H19N3O2. The summed E-state index contributed by atoms with van der Waals surface area (Å²) in [6, 6.07) is 13.3. The summed E-state index contributed by atoms with van der Waals surface area (Å²) < 4.78 is 0. The molecule has 0 aliphatic carbocycles. The first-order valence-corrected chi connectivity index (χ1v) is 9.98. The van der Waals surface area contributed by atoms with Gasteiger partial charge in [0.1, 0.15) is 12.5 Å². The van der Waals surface area contributed by atoms with Gasteiger partial charge in [-0.2, -0.15) is 0 Å². The van der Waals surface area contributed by atoms with E-state index in [0.29, 0.717) is 11.1 Å². The van der Waals surface area contributed by atoms with E-state index in [4.69, 9.17) is 0 Å². The highest BCUT2D eigenvalue weighted by Gasteiger charge is 2.36. The number of aldehydes is 1. The van der Waals surface area contributed by atoms with Crippen LogP contribution in [0.3, 0.4) is 0 Å². The third kappa shape index (κ3) is 2.06. The van der Waals surface area contributed by atoms with Crippen LogP contribution < -0.4 is 5.32 Å². The van der Waals surface area contributed by atoms with E-state index >= 15 is 0 Å². The Bertz CT molecular complexity index is 1440. The van der Waals surface area contributed by atoms with Crippen molar-refractivity contribution in [2.45, 2.75) is 20.0 Å². The molecule has 2 aliphatic rings. The standard InChI is InChI=1S/C25H19N3O2/c1-13-16-9-10-28-24(27-19-6-4-3-5-17(19)25(28)30)22(16)14(2)21-18-11-15(12-29)7-8-20(18)26-23(13)21/h3-12,24,26-27H,1-2H3. The average Bonchev–Trinajstić information content (AvgIpc) is 3.16. The molecule has 2 aliphatic heterocycles. The van der Waals surface area contributed by atoms with Crippen molar-refractivity contribution in [2.75, 3.05) is 5.32 Å². The van der Waals surface area contributed by atoms with Gasteiger partial charge in [0, 0.05) is 39.3 Å². The van der Waals surface area contributed by atoms with Gasteiger partial charge < -0.3 is 10.3 Å². The molecule has 0 bridgehead atoms. The van der Waals surface area contributed by atoms with E-state index in [2.05, 4.69) is 24.1 Å². The first kappa shape index (κ1) is 17.0. The van der Waals surface area contributed by atoms with Crippen molar-refractivity contribution in [3.63, 3.8) is 0 Å². The summed E-state index contributed by atoms with van der Waals surface area (Å²) in [4.78, 5) is 29.8. The Morgan fingerprint density at radius 2 is 1.90 bits per heavy atom. The minimum Gasteiger partial charge on any atom is -0.360 e.